The third-order valence-corrected chi connectivity index (χ3v) is 2.42. The van der Waals surface area contributed by atoms with E-state index in [2.05, 4.69) is 9.72 Å². The molecule has 0 aliphatic carbocycles. The maximum absolute atomic E-state index is 12.3. The predicted molar refractivity (Wildman–Crippen MR) is 53.5 cm³/mol. The van der Waals surface area contributed by atoms with Gasteiger partial charge in [-0.25, -0.2) is 4.98 Å². The van der Waals surface area contributed by atoms with Crippen LogP contribution in [0.25, 0.3) is 0 Å². The van der Waals surface area contributed by atoms with Crippen LogP contribution in [0, 0.1) is 3.57 Å². The summed E-state index contributed by atoms with van der Waals surface area (Å²) in [5.41, 5.74) is -1.13. The van der Waals surface area contributed by atoms with E-state index in [1.54, 1.807) is 22.6 Å². The summed E-state index contributed by atoms with van der Waals surface area (Å²) in [4.78, 5) is 3.27. The molecule has 1 aromatic rings. The number of hydrogen-bond donors (Lipinski definition) is 0. The van der Waals surface area contributed by atoms with Gasteiger partial charge in [0.05, 0.1) is 15.7 Å². The predicted octanol–water partition coefficient (Wildman–Crippen LogP) is 3.37. The average Bonchev–Trinajstić information content (AvgIpc) is 2.02. The first-order valence-electron chi connectivity index (χ1n) is 3.33. The van der Waals surface area contributed by atoms with E-state index >= 15 is 0 Å². The van der Waals surface area contributed by atoms with Crippen LogP contribution in [0.5, 0.6) is 5.88 Å². The van der Waals surface area contributed by atoms with Crippen LogP contribution >= 0.6 is 34.2 Å². The minimum Gasteiger partial charge on any atom is -0.480 e. The fourth-order valence-corrected chi connectivity index (χ4v) is 1.89. The molecular weight excluding hydrogens is 333 g/mol. The first-order valence-corrected chi connectivity index (χ1v) is 4.79. The highest BCUT2D eigenvalue weighted by Crippen LogP contribution is 2.35. The summed E-state index contributed by atoms with van der Waals surface area (Å²) in [6.07, 6.45) is -4.56. The number of aromatic nitrogens is 1. The van der Waals surface area contributed by atoms with Gasteiger partial charge in [-0.05, 0) is 28.7 Å². The highest BCUT2D eigenvalue weighted by molar-refractivity contribution is 14.1. The van der Waals surface area contributed by atoms with E-state index in [1.807, 2.05) is 0 Å². The molecule has 0 aliphatic rings. The highest BCUT2D eigenvalue weighted by Gasteiger charge is 2.36. The van der Waals surface area contributed by atoms with Gasteiger partial charge in [-0.15, -0.1) is 0 Å². The normalized spacial score (nSPS) is 11.6. The molecule has 7 heteroatoms. The van der Waals surface area contributed by atoms with Crippen molar-refractivity contribution in [1.29, 1.82) is 0 Å². The first kappa shape index (κ1) is 11.8. The summed E-state index contributed by atoms with van der Waals surface area (Å²) in [7, 11) is 1.25. The maximum Gasteiger partial charge on any atom is 0.434 e. The molecular formula is C7H4ClF3INO. The number of hydrogen-bond acceptors (Lipinski definition) is 2. The third kappa shape index (κ3) is 2.41. The van der Waals surface area contributed by atoms with Crippen LogP contribution in [0.4, 0.5) is 13.2 Å². The summed E-state index contributed by atoms with van der Waals surface area (Å²) in [6, 6.07) is 1.16. The van der Waals surface area contributed by atoms with Gasteiger partial charge in [0.25, 0.3) is 0 Å². The van der Waals surface area contributed by atoms with Gasteiger partial charge in [-0.3, -0.25) is 0 Å². The van der Waals surface area contributed by atoms with E-state index in [4.69, 9.17) is 11.6 Å². The molecule has 0 amide bonds. The molecule has 0 bridgehead atoms. The Bertz CT molecular complexity index is 356. The largest absolute Gasteiger partial charge is 0.480 e. The Hall–Kier alpha value is -0.240. The van der Waals surface area contributed by atoms with Crippen molar-refractivity contribution in [1.82, 2.24) is 4.98 Å². The third-order valence-electron chi connectivity index (χ3n) is 1.36. The van der Waals surface area contributed by atoms with E-state index in [-0.39, 0.29) is 5.88 Å². The number of rotatable bonds is 1. The molecule has 1 heterocycles. The van der Waals surface area contributed by atoms with Gasteiger partial charge in [0, 0.05) is 0 Å². The monoisotopic (exact) mass is 337 g/mol. The number of methoxy groups -OCH3 is 1. The topological polar surface area (TPSA) is 22.1 Å². The molecule has 1 aromatic heterocycles. The second kappa shape index (κ2) is 4.09. The maximum atomic E-state index is 12.3. The summed E-state index contributed by atoms with van der Waals surface area (Å²) >= 11 is 7.19. The lowest BCUT2D eigenvalue weighted by molar-refractivity contribution is -0.141. The van der Waals surface area contributed by atoms with Crippen molar-refractivity contribution in [3.8, 4) is 5.88 Å². The second-order valence-electron chi connectivity index (χ2n) is 2.31. The minimum absolute atomic E-state index is 0.0812. The first-order chi connectivity index (χ1) is 6.36. The van der Waals surface area contributed by atoms with E-state index in [0.717, 1.165) is 6.07 Å². The van der Waals surface area contributed by atoms with Gasteiger partial charge in [-0.2, -0.15) is 13.2 Å². The molecule has 0 radical (unpaired) electrons. The molecule has 14 heavy (non-hydrogen) atoms. The Morgan fingerprint density at radius 3 is 2.50 bits per heavy atom. The van der Waals surface area contributed by atoms with Crippen molar-refractivity contribution in [2.24, 2.45) is 0 Å². The number of halogens is 5. The average molecular weight is 337 g/mol. The molecule has 1 rings (SSSR count). The lowest BCUT2D eigenvalue weighted by Crippen LogP contribution is -2.10. The standard InChI is InChI=1S/C7H4ClF3INO/c1-14-6-4(12)2-3(8)5(13-6)7(9,10)11/h2H,1H3. The molecule has 2 nitrogen and oxygen atoms in total. The number of ether oxygens (including phenoxy) is 1. The molecule has 0 saturated carbocycles. The van der Waals surface area contributed by atoms with Crippen LogP contribution in [0.3, 0.4) is 0 Å². The molecule has 0 fully saturated rings. The summed E-state index contributed by atoms with van der Waals surface area (Å²) in [5, 5.41) is -0.428. The van der Waals surface area contributed by atoms with E-state index in [9.17, 15) is 13.2 Å². The van der Waals surface area contributed by atoms with Gasteiger partial charge >= 0.3 is 6.18 Å². The van der Waals surface area contributed by atoms with Crippen LogP contribution in [-0.4, -0.2) is 12.1 Å². The lowest BCUT2D eigenvalue weighted by Gasteiger charge is -2.10. The number of alkyl halides is 3. The molecule has 0 spiro atoms. The van der Waals surface area contributed by atoms with Crippen LogP contribution in [0.2, 0.25) is 5.02 Å². The molecule has 78 valence electrons. The minimum atomic E-state index is -4.56. The summed E-state index contributed by atoms with van der Waals surface area (Å²) in [5.74, 6) is -0.0812. The highest BCUT2D eigenvalue weighted by atomic mass is 127. The zero-order valence-corrected chi connectivity index (χ0v) is 9.74. The molecule has 0 N–H and O–H groups in total. The number of nitrogens with zero attached hydrogens (tertiary/aromatic N) is 1. The van der Waals surface area contributed by atoms with Crippen molar-refractivity contribution in [2.75, 3.05) is 7.11 Å². The van der Waals surface area contributed by atoms with Crippen LogP contribution < -0.4 is 4.74 Å². The molecule has 0 atom stereocenters. The van der Waals surface area contributed by atoms with Crippen LogP contribution in [0.15, 0.2) is 6.07 Å². The summed E-state index contributed by atoms with van der Waals surface area (Å²) < 4.78 is 42.0. The fraction of sp³-hybridized carbons (Fsp3) is 0.286. The lowest BCUT2D eigenvalue weighted by atomic mass is 10.3. The number of pyridine rings is 1. The molecule has 0 saturated heterocycles. The summed E-state index contributed by atoms with van der Waals surface area (Å²) in [6.45, 7) is 0. The zero-order chi connectivity index (χ0) is 10.9. The SMILES string of the molecule is COc1nc(C(F)(F)F)c(Cl)cc1I. The van der Waals surface area contributed by atoms with Crippen LogP contribution in [0.1, 0.15) is 5.69 Å². The Balaban J connectivity index is 3.32. The Labute approximate surface area is 96.6 Å². The zero-order valence-electron chi connectivity index (χ0n) is 6.82. The van der Waals surface area contributed by atoms with E-state index in [1.165, 1.54) is 7.11 Å². The second-order valence-corrected chi connectivity index (χ2v) is 3.88. The molecule has 0 aliphatic heterocycles. The Morgan fingerprint density at radius 1 is 1.50 bits per heavy atom. The van der Waals surface area contributed by atoms with E-state index in [0.29, 0.717) is 3.57 Å². The Morgan fingerprint density at radius 2 is 2.07 bits per heavy atom. The molecule has 0 unspecified atom stereocenters. The quantitative estimate of drug-likeness (QED) is 0.733. The van der Waals surface area contributed by atoms with Gasteiger partial charge < -0.3 is 4.74 Å². The van der Waals surface area contributed by atoms with Gasteiger partial charge in [0.1, 0.15) is 0 Å². The van der Waals surface area contributed by atoms with Gasteiger partial charge in [0.15, 0.2) is 5.69 Å². The smallest absolute Gasteiger partial charge is 0.434 e. The van der Waals surface area contributed by atoms with Crippen molar-refractivity contribution in [3.63, 3.8) is 0 Å². The van der Waals surface area contributed by atoms with Gasteiger partial charge in [-0.1, -0.05) is 11.6 Å². The van der Waals surface area contributed by atoms with Crippen LogP contribution in [-0.2, 0) is 6.18 Å². The van der Waals surface area contributed by atoms with E-state index < -0.39 is 16.9 Å². The van der Waals surface area contributed by atoms with Crippen molar-refractivity contribution in [3.05, 3.63) is 20.4 Å². The molecule has 0 aromatic carbocycles. The fourth-order valence-electron chi connectivity index (χ4n) is 0.792. The Kier molecular flexibility index (Phi) is 3.46. The van der Waals surface area contributed by atoms with Crippen molar-refractivity contribution < 1.29 is 17.9 Å². The van der Waals surface area contributed by atoms with Gasteiger partial charge in [0.2, 0.25) is 5.88 Å². The van der Waals surface area contributed by atoms with Crippen molar-refractivity contribution >= 4 is 34.2 Å². The van der Waals surface area contributed by atoms with Crippen molar-refractivity contribution in [2.45, 2.75) is 6.18 Å².